The Morgan fingerprint density at radius 3 is 2.96 bits per heavy atom. The van der Waals surface area contributed by atoms with E-state index in [1.54, 1.807) is 16.7 Å². The van der Waals surface area contributed by atoms with Crippen LogP contribution in [0.1, 0.15) is 26.7 Å². The Labute approximate surface area is 141 Å². The van der Waals surface area contributed by atoms with E-state index in [1.807, 2.05) is 38.1 Å². The molecule has 0 radical (unpaired) electrons. The highest BCUT2D eigenvalue weighted by Gasteiger charge is 2.24. The summed E-state index contributed by atoms with van der Waals surface area (Å²) >= 11 is 1.55. The van der Waals surface area contributed by atoms with Crippen LogP contribution in [0.15, 0.2) is 29.2 Å². The van der Waals surface area contributed by atoms with Crippen LogP contribution in [0, 0.1) is 0 Å². The van der Waals surface area contributed by atoms with Gasteiger partial charge in [0.05, 0.1) is 17.5 Å². The zero-order valence-electron chi connectivity index (χ0n) is 13.7. The molecule has 0 saturated carbocycles. The van der Waals surface area contributed by atoms with E-state index in [1.165, 1.54) is 0 Å². The van der Waals surface area contributed by atoms with Gasteiger partial charge in [0.2, 0.25) is 11.8 Å². The van der Waals surface area contributed by atoms with Crippen LogP contribution < -0.4 is 10.2 Å². The largest absolute Gasteiger partial charge is 0.379 e. The third-order valence-corrected chi connectivity index (χ3v) is 4.51. The molecule has 6 heteroatoms. The Hall–Kier alpha value is -1.53. The molecule has 0 aromatic heterocycles. The van der Waals surface area contributed by atoms with Gasteiger partial charge < -0.3 is 15.0 Å². The van der Waals surface area contributed by atoms with E-state index in [-0.39, 0.29) is 17.9 Å². The predicted octanol–water partition coefficient (Wildman–Crippen LogP) is 2.45. The van der Waals surface area contributed by atoms with E-state index in [2.05, 4.69) is 5.32 Å². The number of anilines is 1. The lowest BCUT2D eigenvalue weighted by Gasteiger charge is -2.28. The van der Waals surface area contributed by atoms with Crippen LogP contribution in [-0.2, 0) is 14.3 Å². The number of hydrogen-bond acceptors (Lipinski definition) is 4. The number of nitrogens with zero attached hydrogens (tertiary/aromatic N) is 1. The van der Waals surface area contributed by atoms with Crippen molar-refractivity contribution in [1.29, 1.82) is 0 Å². The minimum absolute atomic E-state index is 0.0296. The maximum absolute atomic E-state index is 12.1. The molecule has 0 bridgehead atoms. The van der Waals surface area contributed by atoms with E-state index >= 15 is 0 Å². The number of para-hydroxylation sites is 1. The Kier molecular flexibility index (Phi) is 6.92. The van der Waals surface area contributed by atoms with Crippen LogP contribution in [0.25, 0.3) is 0 Å². The van der Waals surface area contributed by atoms with Crippen LogP contribution >= 0.6 is 11.8 Å². The Balaban J connectivity index is 1.75. The molecule has 0 atom stereocenters. The second-order valence-electron chi connectivity index (χ2n) is 5.67. The first-order chi connectivity index (χ1) is 11.1. The average Bonchev–Trinajstić information content (AvgIpc) is 2.53. The first-order valence-electron chi connectivity index (χ1n) is 7.98. The molecule has 0 saturated heterocycles. The van der Waals surface area contributed by atoms with Crippen LogP contribution in [0.5, 0.6) is 0 Å². The summed E-state index contributed by atoms with van der Waals surface area (Å²) in [5.41, 5.74) is 0.909. The number of ether oxygens (including phenoxy) is 1. The Morgan fingerprint density at radius 1 is 1.39 bits per heavy atom. The van der Waals surface area contributed by atoms with Gasteiger partial charge in [-0.2, -0.15) is 0 Å². The fraction of sp³-hybridized carbons (Fsp3) is 0.529. The molecule has 2 rings (SSSR count). The molecule has 126 valence electrons. The van der Waals surface area contributed by atoms with E-state index in [0.717, 1.165) is 17.0 Å². The van der Waals surface area contributed by atoms with E-state index in [9.17, 15) is 9.59 Å². The van der Waals surface area contributed by atoms with Crippen molar-refractivity contribution in [2.24, 2.45) is 0 Å². The minimum atomic E-state index is -0.0296. The van der Waals surface area contributed by atoms with Gasteiger partial charge in [-0.25, -0.2) is 0 Å². The third kappa shape index (κ3) is 5.55. The number of amides is 2. The zero-order valence-corrected chi connectivity index (χ0v) is 14.5. The molecule has 1 N–H and O–H groups in total. The summed E-state index contributed by atoms with van der Waals surface area (Å²) in [6.45, 7) is 5.65. The molecule has 1 aliphatic rings. The van der Waals surface area contributed by atoms with Crippen molar-refractivity contribution in [2.75, 3.05) is 30.3 Å². The summed E-state index contributed by atoms with van der Waals surface area (Å²) in [5.74, 6) is 0.468. The van der Waals surface area contributed by atoms with Crippen LogP contribution in [0.3, 0.4) is 0 Å². The second kappa shape index (κ2) is 8.93. The molecule has 1 aromatic carbocycles. The zero-order chi connectivity index (χ0) is 16.7. The van der Waals surface area contributed by atoms with Crippen molar-refractivity contribution in [3.8, 4) is 0 Å². The molecule has 0 unspecified atom stereocenters. The van der Waals surface area contributed by atoms with Gasteiger partial charge in [-0.05, 0) is 32.4 Å². The number of hydrogen-bond donors (Lipinski definition) is 1. The second-order valence-corrected chi connectivity index (χ2v) is 6.69. The molecule has 2 amide bonds. The number of thioether (sulfide) groups is 1. The summed E-state index contributed by atoms with van der Waals surface area (Å²) in [7, 11) is 0. The molecule has 1 heterocycles. The van der Waals surface area contributed by atoms with Gasteiger partial charge in [0.15, 0.2) is 0 Å². The lowest BCUT2D eigenvalue weighted by atomic mass is 10.2. The minimum Gasteiger partial charge on any atom is -0.379 e. The van der Waals surface area contributed by atoms with E-state index in [0.29, 0.717) is 31.9 Å². The fourth-order valence-electron chi connectivity index (χ4n) is 2.32. The fourth-order valence-corrected chi connectivity index (χ4v) is 3.26. The molecule has 23 heavy (non-hydrogen) atoms. The SMILES string of the molecule is CC(C)OCCCNC(=O)CCN1C(=O)CSc2ccccc21. The number of fused-ring (bicyclic) bond motifs is 1. The maximum atomic E-state index is 12.1. The van der Waals surface area contributed by atoms with Gasteiger partial charge in [0, 0.05) is 31.0 Å². The van der Waals surface area contributed by atoms with Gasteiger partial charge >= 0.3 is 0 Å². The highest BCUT2D eigenvalue weighted by molar-refractivity contribution is 8.00. The summed E-state index contributed by atoms with van der Waals surface area (Å²) in [5, 5.41) is 2.87. The molecule has 0 fully saturated rings. The lowest BCUT2D eigenvalue weighted by molar-refractivity contribution is -0.121. The van der Waals surface area contributed by atoms with Gasteiger partial charge in [0.1, 0.15) is 0 Å². The first-order valence-corrected chi connectivity index (χ1v) is 8.97. The van der Waals surface area contributed by atoms with Crippen molar-refractivity contribution >= 4 is 29.3 Å². The van der Waals surface area contributed by atoms with E-state index in [4.69, 9.17) is 4.74 Å². The number of carbonyl (C=O) groups excluding carboxylic acids is 2. The van der Waals surface area contributed by atoms with Crippen LogP contribution in [-0.4, -0.2) is 43.4 Å². The molecule has 1 aliphatic heterocycles. The quantitative estimate of drug-likeness (QED) is 0.741. The Morgan fingerprint density at radius 2 is 2.17 bits per heavy atom. The first kappa shape index (κ1) is 17.8. The highest BCUT2D eigenvalue weighted by atomic mass is 32.2. The monoisotopic (exact) mass is 336 g/mol. The van der Waals surface area contributed by atoms with Gasteiger partial charge in [0.25, 0.3) is 0 Å². The lowest BCUT2D eigenvalue weighted by Crippen LogP contribution is -2.38. The topological polar surface area (TPSA) is 58.6 Å². The highest BCUT2D eigenvalue weighted by Crippen LogP contribution is 2.34. The average molecular weight is 336 g/mol. The number of nitrogens with one attached hydrogen (secondary N) is 1. The van der Waals surface area contributed by atoms with Crippen molar-refractivity contribution in [3.63, 3.8) is 0 Å². The van der Waals surface area contributed by atoms with Gasteiger partial charge in [-0.15, -0.1) is 11.8 Å². The standard InChI is InChI=1S/C17H24N2O3S/c1-13(2)22-11-5-9-18-16(20)8-10-19-14-6-3-4-7-15(14)23-12-17(19)21/h3-4,6-7,13H,5,8-12H2,1-2H3,(H,18,20). The smallest absolute Gasteiger partial charge is 0.237 e. The number of rotatable bonds is 8. The maximum Gasteiger partial charge on any atom is 0.237 e. The van der Waals surface area contributed by atoms with Crippen LogP contribution in [0.4, 0.5) is 5.69 Å². The summed E-state index contributed by atoms with van der Waals surface area (Å²) < 4.78 is 5.43. The van der Waals surface area contributed by atoms with E-state index < -0.39 is 0 Å². The molecule has 1 aromatic rings. The predicted molar refractivity (Wildman–Crippen MR) is 92.9 cm³/mol. The molecular weight excluding hydrogens is 312 g/mol. The number of benzene rings is 1. The summed E-state index contributed by atoms with van der Waals surface area (Å²) in [4.78, 5) is 26.8. The summed E-state index contributed by atoms with van der Waals surface area (Å²) in [6, 6.07) is 7.82. The third-order valence-electron chi connectivity index (χ3n) is 3.47. The van der Waals surface area contributed by atoms with Crippen molar-refractivity contribution in [1.82, 2.24) is 5.32 Å². The molecule has 0 aliphatic carbocycles. The van der Waals surface area contributed by atoms with Gasteiger partial charge in [-0.1, -0.05) is 12.1 Å². The van der Waals surface area contributed by atoms with Gasteiger partial charge in [-0.3, -0.25) is 9.59 Å². The molecule has 5 nitrogen and oxygen atoms in total. The van der Waals surface area contributed by atoms with Crippen molar-refractivity contribution in [3.05, 3.63) is 24.3 Å². The Bertz CT molecular complexity index is 548. The van der Waals surface area contributed by atoms with Crippen LogP contribution in [0.2, 0.25) is 0 Å². The summed E-state index contributed by atoms with van der Waals surface area (Å²) in [6.07, 6.45) is 1.33. The van der Waals surface area contributed by atoms with Crippen molar-refractivity contribution in [2.45, 2.75) is 37.7 Å². The molecule has 0 spiro atoms. The van der Waals surface area contributed by atoms with Crippen molar-refractivity contribution < 1.29 is 14.3 Å². The molecular formula is C17H24N2O3S. The normalized spacial score (nSPS) is 14.0. The number of carbonyl (C=O) groups is 2.